The van der Waals surface area contributed by atoms with E-state index in [2.05, 4.69) is 63.9 Å². The van der Waals surface area contributed by atoms with Gasteiger partial charge in [-0.25, -0.2) is 4.98 Å². The minimum atomic E-state index is -0.0223. The third-order valence-corrected chi connectivity index (χ3v) is 6.70. The summed E-state index contributed by atoms with van der Waals surface area (Å²) >= 11 is 1.61. The first kappa shape index (κ1) is 22.7. The Bertz CT molecular complexity index is 1380. The Labute approximate surface area is 209 Å². The van der Waals surface area contributed by atoms with Crippen LogP contribution >= 0.6 is 11.3 Å². The van der Waals surface area contributed by atoms with E-state index < -0.39 is 0 Å². The van der Waals surface area contributed by atoms with Crippen LogP contribution in [0.25, 0.3) is 11.1 Å². The van der Waals surface area contributed by atoms with Crippen LogP contribution < -0.4 is 5.32 Å². The van der Waals surface area contributed by atoms with E-state index in [1.165, 1.54) is 11.1 Å². The van der Waals surface area contributed by atoms with Crippen molar-refractivity contribution >= 4 is 17.2 Å². The second kappa shape index (κ2) is 10.9. The van der Waals surface area contributed by atoms with Gasteiger partial charge in [-0.15, -0.1) is 11.3 Å². The maximum atomic E-state index is 12.6. The van der Waals surface area contributed by atoms with Gasteiger partial charge >= 0.3 is 0 Å². The van der Waals surface area contributed by atoms with E-state index in [1.807, 2.05) is 52.7 Å². The predicted molar refractivity (Wildman–Crippen MR) is 140 cm³/mol. The number of carbonyl (C=O) groups excluding carboxylic acids is 1. The van der Waals surface area contributed by atoms with Crippen molar-refractivity contribution < 1.29 is 4.79 Å². The smallest absolute Gasteiger partial charge is 0.226 e. The molecule has 3 aromatic carbocycles. The van der Waals surface area contributed by atoms with Crippen molar-refractivity contribution in [3.63, 3.8) is 0 Å². The molecular formula is C29H26N4OS. The molecule has 0 fully saturated rings. The molecule has 1 amide bonds. The monoisotopic (exact) mass is 478 g/mol. The number of hydrogen-bond donors (Lipinski definition) is 1. The van der Waals surface area contributed by atoms with E-state index in [0.717, 1.165) is 40.4 Å². The second-order valence-electron chi connectivity index (χ2n) is 8.41. The number of aromatic nitrogens is 3. The third kappa shape index (κ3) is 6.11. The van der Waals surface area contributed by atoms with E-state index in [-0.39, 0.29) is 12.3 Å². The van der Waals surface area contributed by atoms with Gasteiger partial charge in [0, 0.05) is 30.7 Å². The number of nitrogens with zero attached hydrogens (tertiary/aromatic N) is 3. The molecule has 2 aromatic heterocycles. The zero-order valence-electron chi connectivity index (χ0n) is 19.3. The summed E-state index contributed by atoms with van der Waals surface area (Å²) in [5.74, 6) is -0.0223. The Balaban J connectivity index is 1.19. The van der Waals surface area contributed by atoms with E-state index in [9.17, 15) is 4.79 Å². The summed E-state index contributed by atoms with van der Waals surface area (Å²) in [6.45, 7) is 1.22. The number of amides is 1. The molecule has 0 aliphatic rings. The molecule has 2 heterocycles. The lowest BCUT2D eigenvalue weighted by Gasteiger charge is -2.12. The van der Waals surface area contributed by atoms with Crippen LogP contribution in [0.3, 0.4) is 0 Å². The van der Waals surface area contributed by atoms with E-state index in [4.69, 9.17) is 0 Å². The van der Waals surface area contributed by atoms with Crippen molar-refractivity contribution in [3.8, 4) is 11.1 Å². The largest absolute Gasteiger partial charge is 0.352 e. The Morgan fingerprint density at radius 3 is 2.49 bits per heavy atom. The molecule has 5 rings (SSSR count). The van der Waals surface area contributed by atoms with Crippen LogP contribution in [0.5, 0.6) is 0 Å². The van der Waals surface area contributed by atoms with Crippen LogP contribution in [0.4, 0.5) is 0 Å². The fourth-order valence-electron chi connectivity index (χ4n) is 4.03. The quantitative estimate of drug-likeness (QED) is 0.304. The molecule has 6 heteroatoms. The maximum Gasteiger partial charge on any atom is 0.226 e. The highest BCUT2D eigenvalue weighted by Gasteiger charge is 2.10. The molecule has 0 spiro atoms. The third-order valence-electron chi connectivity index (χ3n) is 5.80. The van der Waals surface area contributed by atoms with Gasteiger partial charge in [0.2, 0.25) is 5.91 Å². The van der Waals surface area contributed by atoms with Gasteiger partial charge in [0.25, 0.3) is 0 Å². The number of carbonyl (C=O) groups is 1. The predicted octanol–water partition coefficient (Wildman–Crippen LogP) is 5.50. The fourth-order valence-corrected chi connectivity index (χ4v) is 4.86. The number of nitrogens with one attached hydrogen (secondary N) is 1. The van der Waals surface area contributed by atoms with Crippen LogP contribution in [0.1, 0.15) is 27.4 Å². The first-order valence-electron chi connectivity index (χ1n) is 11.6. The fraction of sp³-hybridized carbons (Fsp3) is 0.138. The van der Waals surface area contributed by atoms with Gasteiger partial charge in [-0.1, -0.05) is 78.9 Å². The molecule has 0 atom stereocenters. The van der Waals surface area contributed by atoms with E-state index >= 15 is 0 Å². The summed E-state index contributed by atoms with van der Waals surface area (Å²) in [7, 11) is 0. The van der Waals surface area contributed by atoms with Gasteiger partial charge in [0.15, 0.2) is 0 Å². The summed E-state index contributed by atoms with van der Waals surface area (Å²) < 4.78 is 1.91. The van der Waals surface area contributed by atoms with Gasteiger partial charge < -0.3 is 5.32 Å². The highest BCUT2D eigenvalue weighted by molar-refractivity contribution is 7.09. The summed E-state index contributed by atoms with van der Waals surface area (Å²) in [5.41, 5.74) is 6.58. The summed E-state index contributed by atoms with van der Waals surface area (Å²) in [6, 6.07) is 28.9. The number of rotatable bonds is 9. The Morgan fingerprint density at radius 1 is 0.886 bits per heavy atom. The number of benzene rings is 3. The molecule has 0 radical (unpaired) electrons. The van der Waals surface area contributed by atoms with Gasteiger partial charge in [0.1, 0.15) is 0 Å². The van der Waals surface area contributed by atoms with Crippen LogP contribution in [-0.2, 0) is 30.7 Å². The molecule has 0 aliphatic heterocycles. The van der Waals surface area contributed by atoms with Crippen molar-refractivity contribution in [1.82, 2.24) is 20.1 Å². The van der Waals surface area contributed by atoms with Gasteiger partial charge in [-0.05, 0) is 33.9 Å². The molecule has 1 N–H and O–H groups in total. The molecule has 0 saturated heterocycles. The normalized spacial score (nSPS) is 10.9. The molecule has 35 heavy (non-hydrogen) atoms. The van der Waals surface area contributed by atoms with E-state index in [0.29, 0.717) is 6.54 Å². The molecule has 0 aliphatic carbocycles. The van der Waals surface area contributed by atoms with Crippen molar-refractivity contribution in [2.45, 2.75) is 25.9 Å². The first-order valence-corrected chi connectivity index (χ1v) is 12.5. The Kier molecular flexibility index (Phi) is 7.10. The van der Waals surface area contributed by atoms with Crippen molar-refractivity contribution in [2.24, 2.45) is 0 Å². The molecule has 5 nitrogen and oxygen atoms in total. The average molecular weight is 479 g/mol. The molecule has 174 valence electrons. The van der Waals surface area contributed by atoms with Crippen LogP contribution in [-0.4, -0.2) is 20.7 Å². The highest BCUT2D eigenvalue weighted by Crippen LogP contribution is 2.24. The summed E-state index contributed by atoms with van der Waals surface area (Å²) in [6.07, 6.45) is 4.83. The van der Waals surface area contributed by atoms with Crippen LogP contribution in [0.2, 0.25) is 0 Å². The number of hydrogen-bond acceptors (Lipinski definition) is 4. The minimum Gasteiger partial charge on any atom is -0.352 e. The van der Waals surface area contributed by atoms with Crippen molar-refractivity contribution in [2.75, 3.05) is 0 Å². The topological polar surface area (TPSA) is 59.8 Å². The molecule has 0 saturated carbocycles. The molecule has 0 bridgehead atoms. The van der Waals surface area contributed by atoms with Crippen molar-refractivity contribution in [1.29, 1.82) is 0 Å². The number of thiazole rings is 1. The maximum absolute atomic E-state index is 12.6. The van der Waals surface area contributed by atoms with Gasteiger partial charge in [0.05, 0.1) is 23.7 Å². The first-order chi connectivity index (χ1) is 17.2. The lowest BCUT2D eigenvalue weighted by Crippen LogP contribution is -2.25. The molecule has 0 unspecified atom stereocenters. The highest BCUT2D eigenvalue weighted by atomic mass is 32.1. The lowest BCUT2D eigenvalue weighted by atomic mass is 9.98. The SMILES string of the molecule is O=C(Cc1csc(Cc2ccccc2)n1)NCc1ccccc1-c1ccc(Cn2cccn2)cc1. The van der Waals surface area contributed by atoms with Crippen LogP contribution in [0.15, 0.2) is 103 Å². The standard InChI is InChI=1S/C29H26N4OS/c34-28(18-26-21-35-29(32-26)17-22-7-2-1-3-8-22)30-19-25-9-4-5-10-27(25)24-13-11-23(12-14-24)20-33-16-6-15-31-33/h1-16,21H,17-20H2,(H,30,34). The van der Waals surface area contributed by atoms with Crippen molar-refractivity contribution in [3.05, 3.63) is 130 Å². The summed E-state index contributed by atoms with van der Waals surface area (Å²) in [4.78, 5) is 17.3. The Morgan fingerprint density at radius 2 is 1.69 bits per heavy atom. The van der Waals surface area contributed by atoms with E-state index in [1.54, 1.807) is 17.5 Å². The zero-order chi connectivity index (χ0) is 23.9. The molecule has 5 aromatic rings. The lowest BCUT2D eigenvalue weighted by molar-refractivity contribution is -0.120. The second-order valence-corrected chi connectivity index (χ2v) is 9.35. The average Bonchev–Trinajstić information content (AvgIpc) is 3.56. The zero-order valence-corrected chi connectivity index (χ0v) is 20.1. The summed E-state index contributed by atoms with van der Waals surface area (Å²) in [5, 5.41) is 10.4. The van der Waals surface area contributed by atoms with Gasteiger partial charge in [-0.2, -0.15) is 5.10 Å². The van der Waals surface area contributed by atoms with Gasteiger partial charge in [-0.3, -0.25) is 9.48 Å². The molecular weight excluding hydrogens is 452 g/mol. The van der Waals surface area contributed by atoms with Crippen LogP contribution in [0, 0.1) is 0 Å². The Hall–Kier alpha value is -4.03. The minimum absolute atomic E-state index is 0.0223.